The molecule has 5 nitrogen and oxygen atoms in total. The molecule has 0 amide bonds. The average molecular weight is 339 g/mol. The van der Waals surface area contributed by atoms with Gasteiger partial charge < -0.3 is 9.73 Å². The van der Waals surface area contributed by atoms with Gasteiger partial charge in [-0.1, -0.05) is 46.8 Å². The SMILES string of the molecule is CNc1nnc(SCc2ncc(-c3ccccc3Cl)o2)s1. The smallest absolute Gasteiger partial charge is 0.206 e. The number of hydrogen-bond acceptors (Lipinski definition) is 7. The Bertz CT molecular complexity index is 743. The van der Waals surface area contributed by atoms with E-state index in [1.165, 1.54) is 23.1 Å². The summed E-state index contributed by atoms with van der Waals surface area (Å²) in [7, 11) is 1.82. The van der Waals surface area contributed by atoms with Crippen molar-refractivity contribution in [1.82, 2.24) is 15.2 Å². The fraction of sp³-hybridized carbons (Fsp3) is 0.154. The first kappa shape index (κ1) is 14.4. The summed E-state index contributed by atoms with van der Waals surface area (Å²) in [6, 6.07) is 7.53. The zero-order chi connectivity index (χ0) is 14.7. The second-order valence-corrected chi connectivity index (χ2v) is 6.62. The number of anilines is 1. The van der Waals surface area contributed by atoms with Gasteiger partial charge in [0.2, 0.25) is 11.0 Å². The van der Waals surface area contributed by atoms with E-state index in [0.29, 0.717) is 22.4 Å². The molecule has 0 radical (unpaired) electrons. The highest BCUT2D eigenvalue weighted by atomic mass is 35.5. The van der Waals surface area contributed by atoms with Gasteiger partial charge in [-0.15, -0.1) is 10.2 Å². The number of oxazole rings is 1. The third-order valence-electron chi connectivity index (χ3n) is 2.63. The topological polar surface area (TPSA) is 63.8 Å². The number of hydrogen-bond donors (Lipinski definition) is 1. The van der Waals surface area contributed by atoms with Crippen LogP contribution in [0, 0.1) is 0 Å². The van der Waals surface area contributed by atoms with Crippen molar-refractivity contribution in [2.45, 2.75) is 10.1 Å². The zero-order valence-electron chi connectivity index (χ0n) is 11.0. The molecule has 2 heterocycles. The van der Waals surface area contributed by atoms with E-state index in [0.717, 1.165) is 15.0 Å². The molecule has 21 heavy (non-hydrogen) atoms. The van der Waals surface area contributed by atoms with Crippen LogP contribution in [0.1, 0.15) is 5.89 Å². The first-order valence-corrected chi connectivity index (χ1v) is 8.28. The number of nitrogens with one attached hydrogen (secondary N) is 1. The lowest BCUT2D eigenvalue weighted by Crippen LogP contribution is -1.84. The summed E-state index contributed by atoms with van der Waals surface area (Å²) in [4.78, 5) is 4.27. The second kappa shape index (κ2) is 6.46. The molecule has 1 aromatic carbocycles. The van der Waals surface area contributed by atoms with E-state index in [1.807, 2.05) is 31.3 Å². The van der Waals surface area contributed by atoms with E-state index in [4.69, 9.17) is 16.0 Å². The molecule has 0 spiro atoms. The summed E-state index contributed by atoms with van der Waals surface area (Å²) in [5.41, 5.74) is 0.844. The number of benzene rings is 1. The summed E-state index contributed by atoms with van der Waals surface area (Å²) >= 11 is 9.18. The van der Waals surface area contributed by atoms with Gasteiger partial charge in [-0.25, -0.2) is 4.98 Å². The largest absolute Gasteiger partial charge is 0.440 e. The predicted octanol–water partition coefficient (Wildman–Crippen LogP) is 4.18. The van der Waals surface area contributed by atoms with Crippen molar-refractivity contribution >= 4 is 39.8 Å². The highest BCUT2D eigenvalue weighted by Gasteiger charge is 2.11. The molecular weight excluding hydrogens is 328 g/mol. The third kappa shape index (κ3) is 3.37. The minimum atomic E-state index is 0.600. The summed E-state index contributed by atoms with van der Waals surface area (Å²) < 4.78 is 6.60. The van der Waals surface area contributed by atoms with Crippen molar-refractivity contribution in [2.75, 3.05) is 12.4 Å². The maximum Gasteiger partial charge on any atom is 0.206 e. The van der Waals surface area contributed by atoms with Crippen molar-refractivity contribution in [3.8, 4) is 11.3 Å². The van der Waals surface area contributed by atoms with Crippen LogP contribution >= 0.6 is 34.7 Å². The number of halogens is 1. The van der Waals surface area contributed by atoms with Gasteiger partial charge in [0.15, 0.2) is 10.1 Å². The highest BCUT2D eigenvalue weighted by Crippen LogP contribution is 2.31. The molecule has 0 bridgehead atoms. The normalized spacial score (nSPS) is 10.8. The summed E-state index contributed by atoms with van der Waals surface area (Å²) in [6.07, 6.45) is 1.69. The van der Waals surface area contributed by atoms with Crippen molar-refractivity contribution in [2.24, 2.45) is 0 Å². The van der Waals surface area contributed by atoms with Gasteiger partial charge in [0.1, 0.15) is 0 Å². The van der Waals surface area contributed by atoms with Crippen molar-refractivity contribution < 1.29 is 4.42 Å². The van der Waals surface area contributed by atoms with Gasteiger partial charge >= 0.3 is 0 Å². The molecule has 0 aliphatic rings. The predicted molar refractivity (Wildman–Crippen MR) is 86.0 cm³/mol. The van der Waals surface area contributed by atoms with Gasteiger partial charge in [-0.2, -0.15) is 0 Å². The van der Waals surface area contributed by atoms with Gasteiger partial charge in [-0.3, -0.25) is 0 Å². The van der Waals surface area contributed by atoms with Crippen LogP contribution in [-0.2, 0) is 5.75 Å². The fourth-order valence-corrected chi connectivity index (χ4v) is 3.44. The Morgan fingerprint density at radius 1 is 1.33 bits per heavy atom. The lowest BCUT2D eigenvalue weighted by molar-refractivity contribution is 0.530. The number of aromatic nitrogens is 3. The lowest BCUT2D eigenvalue weighted by Gasteiger charge is -1.98. The Labute approximate surface area is 134 Å². The monoisotopic (exact) mass is 338 g/mol. The molecule has 0 saturated carbocycles. The van der Waals surface area contributed by atoms with Crippen LogP contribution in [0.2, 0.25) is 5.02 Å². The summed E-state index contributed by atoms with van der Waals surface area (Å²) in [6.45, 7) is 0. The molecule has 1 N–H and O–H groups in total. The van der Waals surface area contributed by atoms with E-state index in [2.05, 4.69) is 20.5 Å². The van der Waals surface area contributed by atoms with Crippen LogP contribution in [0.15, 0.2) is 39.2 Å². The third-order valence-corrected chi connectivity index (χ3v) is 5.02. The van der Waals surface area contributed by atoms with Crippen molar-refractivity contribution in [3.05, 3.63) is 41.4 Å². The Hall–Kier alpha value is -1.57. The molecule has 2 aromatic heterocycles. The fourth-order valence-electron chi connectivity index (χ4n) is 1.66. The van der Waals surface area contributed by atoms with Crippen LogP contribution in [0.4, 0.5) is 5.13 Å². The first-order chi connectivity index (χ1) is 10.3. The Balaban J connectivity index is 1.69. The lowest BCUT2D eigenvalue weighted by atomic mass is 10.2. The quantitative estimate of drug-likeness (QED) is 0.704. The molecule has 0 aliphatic heterocycles. The van der Waals surface area contributed by atoms with Gasteiger partial charge in [0.05, 0.1) is 17.0 Å². The molecule has 8 heteroatoms. The van der Waals surface area contributed by atoms with Gasteiger partial charge in [0, 0.05) is 12.6 Å². The molecule has 3 aromatic rings. The van der Waals surface area contributed by atoms with E-state index in [-0.39, 0.29) is 0 Å². The van der Waals surface area contributed by atoms with Crippen LogP contribution in [0.25, 0.3) is 11.3 Å². The Morgan fingerprint density at radius 2 is 2.19 bits per heavy atom. The van der Waals surface area contributed by atoms with Gasteiger partial charge in [-0.05, 0) is 12.1 Å². The van der Waals surface area contributed by atoms with Crippen LogP contribution in [-0.4, -0.2) is 22.2 Å². The Morgan fingerprint density at radius 3 is 2.95 bits per heavy atom. The number of nitrogens with zero attached hydrogens (tertiary/aromatic N) is 3. The average Bonchev–Trinajstić information content (AvgIpc) is 3.14. The maximum absolute atomic E-state index is 6.14. The first-order valence-electron chi connectivity index (χ1n) is 6.10. The van der Waals surface area contributed by atoms with E-state index < -0.39 is 0 Å². The molecule has 0 unspecified atom stereocenters. The van der Waals surface area contributed by atoms with E-state index in [9.17, 15) is 0 Å². The summed E-state index contributed by atoms with van der Waals surface area (Å²) in [5.74, 6) is 1.91. The number of thioether (sulfide) groups is 1. The van der Waals surface area contributed by atoms with Crippen LogP contribution < -0.4 is 5.32 Å². The molecule has 3 rings (SSSR count). The second-order valence-electron chi connectivity index (χ2n) is 4.01. The molecular formula is C13H11ClN4OS2. The minimum Gasteiger partial charge on any atom is -0.440 e. The van der Waals surface area contributed by atoms with Crippen LogP contribution in [0.3, 0.4) is 0 Å². The number of rotatable bonds is 5. The Kier molecular flexibility index (Phi) is 4.42. The highest BCUT2D eigenvalue weighted by molar-refractivity contribution is 8.00. The summed E-state index contributed by atoms with van der Waals surface area (Å²) in [5, 5.41) is 12.4. The van der Waals surface area contributed by atoms with Crippen molar-refractivity contribution in [1.29, 1.82) is 0 Å². The molecule has 0 fully saturated rings. The zero-order valence-corrected chi connectivity index (χ0v) is 13.4. The van der Waals surface area contributed by atoms with E-state index in [1.54, 1.807) is 6.20 Å². The van der Waals surface area contributed by atoms with Crippen molar-refractivity contribution in [3.63, 3.8) is 0 Å². The molecule has 0 saturated heterocycles. The standard InChI is InChI=1S/C13H11ClN4OS2/c1-15-12-17-18-13(21-12)20-7-11-16-6-10(19-11)8-4-2-3-5-9(8)14/h2-6H,7H2,1H3,(H,15,17). The van der Waals surface area contributed by atoms with Crippen LogP contribution in [0.5, 0.6) is 0 Å². The molecule has 0 aliphatic carbocycles. The molecule has 108 valence electrons. The van der Waals surface area contributed by atoms with E-state index >= 15 is 0 Å². The minimum absolute atomic E-state index is 0.600. The maximum atomic E-state index is 6.14. The molecule has 0 atom stereocenters. The van der Waals surface area contributed by atoms with Gasteiger partial charge in [0.25, 0.3) is 0 Å².